The van der Waals surface area contributed by atoms with Crippen LogP contribution in [-0.2, 0) is 33.2 Å². The number of allylic oxidation sites excluding steroid dienone is 1. The van der Waals surface area contributed by atoms with Crippen molar-refractivity contribution in [2.24, 2.45) is 5.92 Å². The Kier molecular flexibility index (Phi) is 9.96. The molecule has 2 aromatic carbocycles. The van der Waals surface area contributed by atoms with Crippen molar-refractivity contribution in [2.75, 3.05) is 13.6 Å². The lowest BCUT2D eigenvalue weighted by atomic mass is 9.80. The SMILES string of the molecule is C=CCn1cc2c3c(cccc31)C1=C[C@@H](C(=O)OC(CC)(CC)C(=O)c3ccc(C(F)(F)F)cc3)CN(C)[C@@H]1C2.O=P(O)(O)O. The third-order valence-electron chi connectivity index (χ3n) is 8.42. The third-order valence-corrected chi connectivity index (χ3v) is 8.42. The standard InChI is InChI=1S/C32H33F3N2O3.H3O4P/c1-5-15-37-19-21-17-27-25(24-9-8-10-26(37)28(21)24)16-22(18-36(27)4)30(39)40-31(6-2,7-3)29(38)20-11-13-23(14-12-20)32(33,34)35;1-5(2,3)4/h5,8-14,16,19,22,27H,1,6-7,15,17-18H2,2-4H3;(H3,1,2,3,4)/t22-,27-;/m1./s1. The molecule has 2 heterocycles. The first-order valence-corrected chi connectivity index (χ1v) is 16.0. The summed E-state index contributed by atoms with van der Waals surface area (Å²) in [6.07, 6.45) is 2.77. The average Bonchev–Trinajstić information content (AvgIpc) is 3.33. The molecule has 1 aliphatic carbocycles. The number of halogens is 3. The number of carbonyl (C=O) groups is 2. The minimum absolute atomic E-state index is 0.0826. The second-order valence-electron chi connectivity index (χ2n) is 11.2. The predicted octanol–water partition coefficient (Wildman–Crippen LogP) is 5.77. The minimum Gasteiger partial charge on any atom is -0.450 e. The van der Waals surface area contributed by atoms with Crippen LogP contribution in [0.25, 0.3) is 16.5 Å². The van der Waals surface area contributed by atoms with Crippen LogP contribution in [0.3, 0.4) is 0 Å². The number of likely N-dealkylation sites (N-methyl/N-ethyl adjacent to an activating group) is 1. The van der Waals surface area contributed by atoms with Crippen molar-refractivity contribution >= 4 is 36.1 Å². The Balaban J connectivity index is 0.000000854. The maximum atomic E-state index is 13.6. The number of Topliss-reactive ketones (excluding diaryl/α,β-unsaturated/α-hetero) is 1. The number of ketones is 1. The lowest BCUT2D eigenvalue weighted by Crippen LogP contribution is -2.48. The molecule has 3 aromatic rings. The molecule has 45 heavy (non-hydrogen) atoms. The fourth-order valence-corrected chi connectivity index (χ4v) is 6.17. The van der Waals surface area contributed by atoms with E-state index in [9.17, 15) is 22.8 Å². The molecule has 242 valence electrons. The van der Waals surface area contributed by atoms with Crippen LogP contribution in [0.2, 0.25) is 0 Å². The van der Waals surface area contributed by atoms with Gasteiger partial charge in [-0.1, -0.05) is 50.3 Å². The molecule has 0 saturated heterocycles. The van der Waals surface area contributed by atoms with Crippen LogP contribution in [-0.4, -0.2) is 61.1 Å². The summed E-state index contributed by atoms with van der Waals surface area (Å²) >= 11 is 0. The number of carbonyl (C=O) groups excluding carboxylic acids is 2. The van der Waals surface area contributed by atoms with Crippen molar-refractivity contribution in [3.05, 3.63) is 89.6 Å². The van der Waals surface area contributed by atoms with Crippen molar-refractivity contribution in [3.63, 3.8) is 0 Å². The summed E-state index contributed by atoms with van der Waals surface area (Å²) in [6.45, 7) is 8.51. The monoisotopic (exact) mass is 648 g/mol. The summed E-state index contributed by atoms with van der Waals surface area (Å²) < 4.78 is 56.2. The summed E-state index contributed by atoms with van der Waals surface area (Å²) in [5, 5.41) is 1.18. The van der Waals surface area contributed by atoms with Gasteiger partial charge in [0.15, 0.2) is 5.60 Å². The average molecular weight is 649 g/mol. The van der Waals surface area contributed by atoms with Gasteiger partial charge in [-0.25, -0.2) is 4.57 Å². The van der Waals surface area contributed by atoms with E-state index in [2.05, 4.69) is 34.4 Å². The molecule has 2 atom stereocenters. The van der Waals surface area contributed by atoms with Gasteiger partial charge in [-0.15, -0.1) is 6.58 Å². The number of phosphoric acid groups is 1. The van der Waals surface area contributed by atoms with Crippen LogP contribution < -0.4 is 0 Å². The van der Waals surface area contributed by atoms with Crippen LogP contribution in [0.1, 0.15) is 53.7 Å². The second kappa shape index (κ2) is 13.1. The highest BCUT2D eigenvalue weighted by molar-refractivity contribution is 7.45. The summed E-state index contributed by atoms with van der Waals surface area (Å²) in [5.41, 5.74) is 2.33. The number of rotatable bonds is 8. The molecule has 0 spiro atoms. The molecule has 1 aliphatic heterocycles. The van der Waals surface area contributed by atoms with E-state index in [4.69, 9.17) is 24.0 Å². The van der Waals surface area contributed by atoms with E-state index in [-0.39, 0.29) is 24.4 Å². The van der Waals surface area contributed by atoms with E-state index in [1.807, 2.05) is 25.3 Å². The van der Waals surface area contributed by atoms with Crippen molar-refractivity contribution < 1.29 is 46.7 Å². The topological polar surface area (TPSA) is 129 Å². The molecule has 5 rings (SSSR count). The number of benzene rings is 2. The Labute approximate surface area is 258 Å². The Bertz CT molecular complexity index is 1660. The first-order valence-electron chi connectivity index (χ1n) is 14.4. The quantitative estimate of drug-likeness (QED) is 0.122. The molecule has 0 unspecified atom stereocenters. The molecule has 0 fully saturated rings. The number of aromatic nitrogens is 1. The number of ether oxygens (including phenoxy) is 1. The highest BCUT2D eigenvalue weighted by Gasteiger charge is 2.43. The van der Waals surface area contributed by atoms with E-state index >= 15 is 0 Å². The van der Waals surface area contributed by atoms with E-state index in [1.54, 1.807) is 13.8 Å². The zero-order valence-corrected chi connectivity index (χ0v) is 26.0. The van der Waals surface area contributed by atoms with Gasteiger partial charge >= 0.3 is 20.0 Å². The van der Waals surface area contributed by atoms with Gasteiger partial charge in [0.2, 0.25) is 5.78 Å². The lowest BCUT2D eigenvalue weighted by molar-refractivity contribution is -0.160. The van der Waals surface area contributed by atoms with Crippen molar-refractivity contribution in [3.8, 4) is 0 Å². The van der Waals surface area contributed by atoms with Gasteiger partial charge in [-0.2, -0.15) is 13.2 Å². The smallest absolute Gasteiger partial charge is 0.450 e. The number of hydrogen-bond acceptors (Lipinski definition) is 5. The Morgan fingerprint density at radius 3 is 2.27 bits per heavy atom. The number of esters is 1. The maximum Gasteiger partial charge on any atom is 0.466 e. The molecule has 0 amide bonds. The third kappa shape index (κ3) is 7.31. The molecular formula is C32H36F3N2O7P. The summed E-state index contributed by atoms with van der Waals surface area (Å²) in [5.74, 6) is -1.60. The molecule has 0 saturated carbocycles. The molecule has 1 aromatic heterocycles. The van der Waals surface area contributed by atoms with Gasteiger partial charge in [-0.3, -0.25) is 14.5 Å². The molecule has 2 aliphatic rings. The Morgan fingerprint density at radius 2 is 1.71 bits per heavy atom. The number of nitrogens with zero attached hydrogens (tertiary/aromatic N) is 2. The fraction of sp³-hybridized carbons (Fsp3) is 0.375. The lowest BCUT2D eigenvalue weighted by Gasteiger charge is -2.40. The Hall–Kier alpha value is -3.54. The van der Waals surface area contributed by atoms with Crippen LogP contribution in [0.15, 0.2) is 67.4 Å². The minimum atomic E-state index is -4.64. The second-order valence-corrected chi connectivity index (χ2v) is 12.2. The van der Waals surface area contributed by atoms with E-state index in [0.29, 0.717) is 13.1 Å². The van der Waals surface area contributed by atoms with E-state index in [0.717, 1.165) is 47.3 Å². The van der Waals surface area contributed by atoms with Crippen molar-refractivity contribution in [2.45, 2.75) is 57.5 Å². The normalized spacial score (nSPS) is 18.4. The number of alkyl halides is 3. The van der Waals surface area contributed by atoms with E-state index in [1.165, 1.54) is 10.9 Å². The predicted molar refractivity (Wildman–Crippen MR) is 163 cm³/mol. The summed E-state index contributed by atoms with van der Waals surface area (Å²) in [7, 11) is -2.65. The van der Waals surface area contributed by atoms with Gasteiger partial charge in [-0.05, 0) is 61.2 Å². The molecule has 0 radical (unpaired) electrons. The van der Waals surface area contributed by atoms with Crippen molar-refractivity contribution in [1.82, 2.24) is 9.47 Å². The molecule has 0 bridgehead atoms. The van der Waals surface area contributed by atoms with Gasteiger partial charge < -0.3 is 24.0 Å². The van der Waals surface area contributed by atoms with Crippen LogP contribution in [0.4, 0.5) is 13.2 Å². The number of hydrogen-bond donors (Lipinski definition) is 3. The zero-order valence-electron chi connectivity index (χ0n) is 25.1. The van der Waals surface area contributed by atoms with E-state index < -0.39 is 42.8 Å². The Morgan fingerprint density at radius 1 is 1.09 bits per heavy atom. The van der Waals surface area contributed by atoms with Crippen molar-refractivity contribution in [1.29, 1.82) is 0 Å². The summed E-state index contributed by atoms with van der Waals surface area (Å²) in [4.78, 5) is 50.9. The van der Waals surface area contributed by atoms with Crippen LogP contribution in [0.5, 0.6) is 0 Å². The molecule has 3 N–H and O–H groups in total. The number of fused-ring (bicyclic) bond motifs is 2. The largest absolute Gasteiger partial charge is 0.466 e. The zero-order chi connectivity index (χ0) is 33.3. The highest BCUT2D eigenvalue weighted by atomic mass is 31.2. The van der Waals surface area contributed by atoms with Gasteiger partial charge in [0.05, 0.1) is 11.5 Å². The first-order chi connectivity index (χ1) is 21.0. The van der Waals surface area contributed by atoms with Crippen LogP contribution in [0, 0.1) is 5.92 Å². The van der Waals surface area contributed by atoms with Crippen LogP contribution >= 0.6 is 7.82 Å². The van der Waals surface area contributed by atoms with Gasteiger partial charge in [0.25, 0.3) is 0 Å². The maximum absolute atomic E-state index is 13.6. The molecule has 9 nitrogen and oxygen atoms in total. The first kappa shape index (κ1) is 34.3. The van der Waals surface area contributed by atoms with Gasteiger partial charge in [0, 0.05) is 41.8 Å². The molecular weight excluding hydrogens is 612 g/mol. The fourth-order valence-electron chi connectivity index (χ4n) is 6.17. The van der Waals surface area contributed by atoms with Gasteiger partial charge in [0.1, 0.15) is 0 Å². The highest BCUT2D eigenvalue weighted by Crippen LogP contribution is 2.42. The summed E-state index contributed by atoms with van der Waals surface area (Å²) in [6, 6.07) is 10.4. The molecule has 13 heteroatoms.